The Morgan fingerprint density at radius 3 is 2.78 bits per heavy atom. The molecule has 18 heavy (non-hydrogen) atoms. The zero-order chi connectivity index (χ0) is 13.5. The molecule has 0 radical (unpaired) electrons. The lowest BCUT2D eigenvalue weighted by molar-refractivity contribution is -0.384. The van der Waals surface area contributed by atoms with Crippen molar-refractivity contribution >= 4 is 11.5 Å². The third-order valence-corrected chi connectivity index (χ3v) is 2.57. The summed E-state index contributed by atoms with van der Waals surface area (Å²) in [5, 5.41) is 11.0. The van der Waals surface area contributed by atoms with Crippen LogP contribution in [-0.4, -0.2) is 36.2 Å². The van der Waals surface area contributed by atoms with Crippen molar-refractivity contribution in [3.8, 4) is 0 Å². The van der Waals surface area contributed by atoms with Gasteiger partial charge in [-0.15, -0.1) is 0 Å². The third kappa shape index (κ3) is 3.66. The molecular formula is C12H19N3O3. The molecule has 0 fully saturated rings. The van der Waals surface area contributed by atoms with Gasteiger partial charge in [-0.3, -0.25) is 10.1 Å². The lowest BCUT2D eigenvalue weighted by atomic mass is 10.2. The van der Waals surface area contributed by atoms with Crippen LogP contribution >= 0.6 is 0 Å². The molecular weight excluding hydrogens is 234 g/mol. The van der Waals surface area contributed by atoms with Crippen molar-refractivity contribution in [3.63, 3.8) is 0 Å². The van der Waals surface area contributed by atoms with Crippen LogP contribution in [0.25, 0.3) is 0 Å². The lowest BCUT2D eigenvalue weighted by Crippen LogP contribution is -2.28. The topological polar surface area (TPSA) is 68.5 Å². The van der Waals surface area contributed by atoms with Crippen LogP contribution in [0.5, 0.6) is 0 Å². The molecule has 0 aliphatic rings. The molecule has 0 atom stereocenters. The van der Waals surface area contributed by atoms with E-state index >= 15 is 0 Å². The largest absolute Gasteiger partial charge is 0.380 e. The lowest BCUT2D eigenvalue weighted by Gasteiger charge is -2.21. The number of nitrogens with zero attached hydrogens (tertiary/aromatic N) is 3. The van der Waals surface area contributed by atoms with Gasteiger partial charge in [0.1, 0.15) is 0 Å². The highest BCUT2D eigenvalue weighted by atomic mass is 16.6. The van der Waals surface area contributed by atoms with Gasteiger partial charge in [0.15, 0.2) is 0 Å². The summed E-state index contributed by atoms with van der Waals surface area (Å²) in [6.07, 6.45) is 1.64. The van der Waals surface area contributed by atoms with Gasteiger partial charge in [0.05, 0.1) is 11.5 Å². The predicted octanol–water partition coefficient (Wildman–Crippen LogP) is 2.16. The zero-order valence-electron chi connectivity index (χ0n) is 11.0. The summed E-state index contributed by atoms with van der Waals surface area (Å²) in [5.74, 6) is 0.410. The van der Waals surface area contributed by atoms with Gasteiger partial charge < -0.3 is 9.64 Å². The molecule has 1 rings (SSSR count). The van der Waals surface area contributed by atoms with E-state index in [9.17, 15) is 10.1 Å². The molecule has 0 aromatic carbocycles. The van der Waals surface area contributed by atoms with Crippen molar-refractivity contribution in [1.82, 2.24) is 4.98 Å². The summed E-state index contributed by atoms with van der Waals surface area (Å²) in [6, 6.07) is 1.55. The Labute approximate surface area is 107 Å². The molecule has 0 saturated carbocycles. The fraction of sp³-hybridized carbons (Fsp3) is 0.583. The number of aryl methyl sites for hydroxylation is 1. The highest BCUT2D eigenvalue weighted by molar-refractivity contribution is 5.58. The van der Waals surface area contributed by atoms with Crippen LogP contribution in [0.3, 0.4) is 0 Å². The van der Waals surface area contributed by atoms with Gasteiger partial charge in [-0.05, 0) is 26.3 Å². The Hall–Kier alpha value is -1.69. The van der Waals surface area contributed by atoms with Gasteiger partial charge in [-0.2, -0.15) is 0 Å². The highest BCUT2D eigenvalue weighted by Gasteiger charge is 2.20. The number of hydrogen-bond acceptors (Lipinski definition) is 5. The highest BCUT2D eigenvalue weighted by Crippen LogP contribution is 2.25. The van der Waals surface area contributed by atoms with Gasteiger partial charge in [-0.25, -0.2) is 4.98 Å². The second-order valence-electron chi connectivity index (χ2n) is 3.89. The molecule has 0 N–H and O–H groups in total. The minimum Gasteiger partial charge on any atom is -0.380 e. The molecule has 0 aliphatic carbocycles. The van der Waals surface area contributed by atoms with E-state index in [4.69, 9.17) is 4.74 Å². The quantitative estimate of drug-likeness (QED) is 0.423. The Kier molecular flexibility index (Phi) is 5.51. The van der Waals surface area contributed by atoms with Crippen molar-refractivity contribution in [2.24, 2.45) is 0 Å². The normalized spacial score (nSPS) is 10.4. The molecule has 1 aromatic rings. The second-order valence-corrected chi connectivity index (χ2v) is 3.89. The molecule has 0 bridgehead atoms. The molecule has 0 amide bonds. The van der Waals surface area contributed by atoms with Gasteiger partial charge in [0, 0.05) is 32.0 Å². The van der Waals surface area contributed by atoms with E-state index in [-0.39, 0.29) is 5.69 Å². The van der Waals surface area contributed by atoms with E-state index in [1.165, 1.54) is 0 Å². The molecule has 1 heterocycles. The number of likely N-dealkylation sites (N-methyl/N-ethyl adjacent to an activating group) is 1. The number of rotatable bonds is 7. The van der Waals surface area contributed by atoms with Crippen molar-refractivity contribution in [2.75, 3.05) is 31.2 Å². The molecule has 0 unspecified atom stereocenters. The van der Waals surface area contributed by atoms with E-state index in [0.717, 1.165) is 5.56 Å². The summed E-state index contributed by atoms with van der Waals surface area (Å²) >= 11 is 0. The SMILES string of the molecule is CCOCCN(CC)c1ncc(C)cc1[N+](=O)[O-]. The van der Waals surface area contributed by atoms with Crippen molar-refractivity contribution in [2.45, 2.75) is 20.8 Å². The van der Waals surface area contributed by atoms with E-state index in [2.05, 4.69) is 4.98 Å². The van der Waals surface area contributed by atoms with Crippen LogP contribution in [0.2, 0.25) is 0 Å². The number of pyridine rings is 1. The maximum Gasteiger partial charge on any atom is 0.311 e. The predicted molar refractivity (Wildman–Crippen MR) is 70.0 cm³/mol. The minimum atomic E-state index is -0.390. The average molecular weight is 253 g/mol. The summed E-state index contributed by atoms with van der Waals surface area (Å²) < 4.78 is 5.27. The summed E-state index contributed by atoms with van der Waals surface area (Å²) in [6.45, 7) is 8.09. The summed E-state index contributed by atoms with van der Waals surface area (Å²) in [4.78, 5) is 16.7. The van der Waals surface area contributed by atoms with Crippen LogP contribution in [0.15, 0.2) is 12.3 Å². The zero-order valence-corrected chi connectivity index (χ0v) is 11.0. The molecule has 6 nitrogen and oxygen atoms in total. The number of ether oxygens (including phenoxy) is 1. The minimum absolute atomic E-state index is 0.0494. The number of hydrogen-bond donors (Lipinski definition) is 0. The van der Waals surface area contributed by atoms with Crippen molar-refractivity contribution in [1.29, 1.82) is 0 Å². The summed E-state index contributed by atoms with van der Waals surface area (Å²) in [5.41, 5.74) is 0.833. The first-order valence-corrected chi connectivity index (χ1v) is 6.03. The fourth-order valence-electron chi connectivity index (χ4n) is 1.66. The van der Waals surface area contributed by atoms with Crippen LogP contribution < -0.4 is 4.90 Å². The van der Waals surface area contributed by atoms with Crippen molar-refractivity contribution in [3.05, 3.63) is 27.9 Å². The Morgan fingerprint density at radius 1 is 1.50 bits per heavy atom. The van der Waals surface area contributed by atoms with Crippen LogP contribution in [0.4, 0.5) is 11.5 Å². The molecule has 100 valence electrons. The van der Waals surface area contributed by atoms with Crippen molar-refractivity contribution < 1.29 is 9.66 Å². The monoisotopic (exact) mass is 253 g/mol. The van der Waals surface area contributed by atoms with E-state index < -0.39 is 4.92 Å². The molecule has 1 aromatic heterocycles. The van der Waals surface area contributed by atoms with E-state index in [0.29, 0.717) is 32.1 Å². The molecule has 0 saturated heterocycles. The van der Waals surface area contributed by atoms with Gasteiger partial charge >= 0.3 is 5.69 Å². The number of nitro groups is 1. The molecule has 6 heteroatoms. The summed E-state index contributed by atoms with van der Waals surface area (Å²) in [7, 11) is 0. The number of anilines is 1. The van der Waals surface area contributed by atoms with Crippen LogP contribution in [-0.2, 0) is 4.74 Å². The first kappa shape index (κ1) is 14.4. The fourth-order valence-corrected chi connectivity index (χ4v) is 1.66. The molecule has 0 spiro atoms. The van der Waals surface area contributed by atoms with Gasteiger partial charge in [0.2, 0.25) is 5.82 Å². The van der Waals surface area contributed by atoms with Gasteiger partial charge in [-0.1, -0.05) is 0 Å². The third-order valence-electron chi connectivity index (χ3n) is 2.57. The Bertz CT molecular complexity index is 410. The molecule has 0 aliphatic heterocycles. The maximum atomic E-state index is 11.0. The van der Waals surface area contributed by atoms with E-state index in [1.54, 1.807) is 19.2 Å². The first-order chi connectivity index (χ1) is 8.60. The Morgan fingerprint density at radius 2 is 2.22 bits per heavy atom. The second kappa shape index (κ2) is 6.90. The number of aromatic nitrogens is 1. The van der Waals surface area contributed by atoms with Gasteiger partial charge in [0.25, 0.3) is 0 Å². The Balaban J connectivity index is 2.93. The van der Waals surface area contributed by atoms with E-state index in [1.807, 2.05) is 18.7 Å². The smallest absolute Gasteiger partial charge is 0.311 e. The first-order valence-electron chi connectivity index (χ1n) is 6.03. The average Bonchev–Trinajstić information content (AvgIpc) is 2.35. The standard InChI is InChI=1S/C12H19N3O3/c1-4-14(6-7-18-5-2)12-11(15(16)17)8-10(3)9-13-12/h8-9H,4-7H2,1-3H3. The van der Waals surface area contributed by atoms with Crippen LogP contribution in [0.1, 0.15) is 19.4 Å². The maximum absolute atomic E-state index is 11.0. The van der Waals surface area contributed by atoms with Crippen LogP contribution in [0, 0.1) is 17.0 Å².